The van der Waals surface area contributed by atoms with Crippen molar-refractivity contribution in [2.24, 2.45) is 0 Å². The van der Waals surface area contributed by atoms with Gasteiger partial charge in [0.15, 0.2) is 0 Å². The van der Waals surface area contributed by atoms with E-state index in [1.807, 2.05) is 84.9 Å². The molecule has 0 spiro atoms. The van der Waals surface area contributed by atoms with E-state index in [0.717, 1.165) is 27.8 Å². The van der Waals surface area contributed by atoms with Crippen molar-refractivity contribution < 1.29 is 18.0 Å². The van der Waals surface area contributed by atoms with Crippen LogP contribution in [0.15, 0.2) is 71.6 Å². The molecule has 7 nitrogen and oxygen atoms in total. The van der Waals surface area contributed by atoms with Crippen LogP contribution in [0.2, 0.25) is 0 Å². The number of sulfonamides is 1. The molecule has 2 amide bonds. The van der Waals surface area contributed by atoms with Crippen molar-refractivity contribution in [2.45, 2.75) is 78.4 Å². The van der Waals surface area contributed by atoms with Gasteiger partial charge in [0.25, 0.3) is 10.0 Å². The Labute approximate surface area is 239 Å². The van der Waals surface area contributed by atoms with Crippen LogP contribution in [-0.4, -0.2) is 43.8 Å². The molecular formula is C32H41N3O4S. The predicted octanol–water partition coefficient (Wildman–Crippen LogP) is 5.45. The Balaban J connectivity index is 2.12. The number of nitrogens with one attached hydrogen (secondary N) is 1. The lowest BCUT2D eigenvalue weighted by Gasteiger charge is -2.34. The summed E-state index contributed by atoms with van der Waals surface area (Å²) in [6, 6.07) is 19.0. The fourth-order valence-electron chi connectivity index (χ4n) is 4.61. The second-order valence-electron chi connectivity index (χ2n) is 10.7. The van der Waals surface area contributed by atoms with E-state index in [0.29, 0.717) is 12.1 Å². The molecule has 0 bridgehead atoms. The Hall–Kier alpha value is -3.65. The maximum atomic E-state index is 14.2. The molecule has 0 saturated carbocycles. The van der Waals surface area contributed by atoms with Crippen LogP contribution in [0.25, 0.3) is 0 Å². The van der Waals surface area contributed by atoms with E-state index >= 15 is 0 Å². The number of hydrogen-bond acceptors (Lipinski definition) is 4. The Bertz CT molecular complexity index is 1450. The van der Waals surface area contributed by atoms with Gasteiger partial charge in [-0.3, -0.25) is 13.9 Å². The van der Waals surface area contributed by atoms with Gasteiger partial charge < -0.3 is 10.2 Å². The number of anilines is 1. The predicted molar refractivity (Wildman–Crippen MR) is 161 cm³/mol. The van der Waals surface area contributed by atoms with E-state index < -0.39 is 28.5 Å². The van der Waals surface area contributed by atoms with Crippen molar-refractivity contribution in [3.05, 3.63) is 94.5 Å². The third kappa shape index (κ3) is 7.30. The van der Waals surface area contributed by atoms with E-state index in [-0.39, 0.29) is 23.4 Å². The molecule has 0 heterocycles. The minimum absolute atomic E-state index is 0.0989. The molecular weight excluding hydrogens is 522 g/mol. The molecule has 0 unspecified atom stereocenters. The molecule has 0 aromatic heterocycles. The molecule has 214 valence electrons. The molecule has 1 atom stereocenters. The normalized spacial score (nSPS) is 12.2. The first-order valence-corrected chi connectivity index (χ1v) is 15.1. The molecule has 0 aliphatic rings. The molecule has 8 heteroatoms. The largest absolute Gasteiger partial charge is 0.352 e. The van der Waals surface area contributed by atoms with E-state index in [9.17, 15) is 18.0 Å². The van der Waals surface area contributed by atoms with Crippen LogP contribution < -0.4 is 9.62 Å². The zero-order valence-corrected chi connectivity index (χ0v) is 25.4. The van der Waals surface area contributed by atoms with Crippen LogP contribution in [0.5, 0.6) is 0 Å². The summed E-state index contributed by atoms with van der Waals surface area (Å²) in [5.74, 6) is -0.718. The number of amides is 2. The minimum atomic E-state index is -4.11. The topological polar surface area (TPSA) is 86.8 Å². The van der Waals surface area contributed by atoms with Gasteiger partial charge in [0.05, 0.1) is 10.6 Å². The van der Waals surface area contributed by atoms with Gasteiger partial charge in [-0.05, 0) is 88.4 Å². The summed E-state index contributed by atoms with van der Waals surface area (Å²) >= 11 is 0. The van der Waals surface area contributed by atoms with E-state index in [4.69, 9.17) is 0 Å². The zero-order chi connectivity index (χ0) is 29.6. The zero-order valence-electron chi connectivity index (χ0n) is 24.6. The fourth-order valence-corrected chi connectivity index (χ4v) is 6.08. The van der Waals surface area contributed by atoms with Crippen molar-refractivity contribution in [3.8, 4) is 0 Å². The maximum absolute atomic E-state index is 14.2. The molecule has 3 aromatic carbocycles. The van der Waals surface area contributed by atoms with Crippen molar-refractivity contribution >= 4 is 27.5 Å². The molecule has 0 saturated heterocycles. The summed E-state index contributed by atoms with van der Waals surface area (Å²) < 4.78 is 29.3. The van der Waals surface area contributed by atoms with Gasteiger partial charge in [-0.1, -0.05) is 61.0 Å². The van der Waals surface area contributed by atoms with Crippen LogP contribution in [0.4, 0.5) is 5.69 Å². The molecule has 1 N–H and O–H groups in total. The number of nitrogens with zero attached hydrogens (tertiary/aromatic N) is 2. The third-order valence-corrected chi connectivity index (χ3v) is 8.71. The number of hydrogen-bond donors (Lipinski definition) is 1. The summed E-state index contributed by atoms with van der Waals surface area (Å²) in [6.07, 6.45) is 0.379. The van der Waals surface area contributed by atoms with Gasteiger partial charge in [-0.15, -0.1) is 0 Å². The highest BCUT2D eigenvalue weighted by Crippen LogP contribution is 2.29. The molecule has 0 aliphatic heterocycles. The lowest BCUT2D eigenvalue weighted by Crippen LogP contribution is -2.53. The number of carbonyl (C=O) groups excluding carboxylic acids is 2. The SMILES string of the molecule is CC[C@@H](C(=O)NC(C)C)N(Cc1ccccc1C)C(=O)CN(c1cc(C)ccc1C)S(=O)(=O)c1ccc(C)cc1. The summed E-state index contributed by atoms with van der Waals surface area (Å²) in [7, 11) is -4.11. The second kappa shape index (κ2) is 13.1. The third-order valence-electron chi connectivity index (χ3n) is 6.94. The van der Waals surface area contributed by atoms with Gasteiger partial charge in [-0.2, -0.15) is 0 Å². The lowest BCUT2D eigenvalue weighted by molar-refractivity contribution is -0.140. The van der Waals surface area contributed by atoms with Crippen LogP contribution in [0, 0.1) is 27.7 Å². The van der Waals surface area contributed by atoms with E-state index in [1.165, 1.54) is 9.21 Å². The summed E-state index contributed by atoms with van der Waals surface area (Å²) in [5, 5.41) is 2.93. The number of carbonyl (C=O) groups is 2. The highest BCUT2D eigenvalue weighted by Gasteiger charge is 2.34. The van der Waals surface area contributed by atoms with E-state index in [2.05, 4.69) is 5.32 Å². The standard InChI is InChI=1S/C32H41N3O4S/c1-8-29(32(37)33-22(2)3)34(20-27-12-10-9-11-25(27)6)31(36)21-35(30-19-24(5)13-16-26(30)7)40(38,39)28-17-14-23(4)15-18-28/h9-19,22,29H,8,20-21H2,1-7H3,(H,33,37)/t29-/m0/s1. The van der Waals surface area contributed by atoms with Crippen LogP contribution in [0.3, 0.4) is 0 Å². The Morgan fingerprint density at radius 1 is 0.850 bits per heavy atom. The van der Waals surface area contributed by atoms with Gasteiger partial charge in [-0.25, -0.2) is 8.42 Å². The van der Waals surface area contributed by atoms with Crippen molar-refractivity contribution in [3.63, 3.8) is 0 Å². The summed E-state index contributed by atoms with van der Waals surface area (Å²) in [4.78, 5) is 29.1. The first-order chi connectivity index (χ1) is 18.8. The molecule has 0 aliphatic carbocycles. The van der Waals surface area contributed by atoms with Crippen LogP contribution >= 0.6 is 0 Å². The molecule has 0 radical (unpaired) electrons. The Kier molecular flexibility index (Phi) is 10.1. The lowest BCUT2D eigenvalue weighted by atomic mass is 10.1. The van der Waals surface area contributed by atoms with Crippen molar-refractivity contribution in [1.82, 2.24) is 10.2 Å². The van der Waals surface area contributed by atoms with Gasteiger partial charge in [0.2, 0.25) is 11.8 Å². The minimum Gasteiger partial charge on any atom is -0.352 e. The fraction of sp³-hybridized carbons (Fsp3) is 0.375. The molecule has 0 fully saturated rings. The average molecular weight is 564 g/mol. The highest BCUT2D eigenvalue weighted by molar-refractivity contribution is 7.92. The second-order valence-corrected chi connectivity index (χ2v) is 12.5. The molecule has 3 rings (SSSR count). The number of benzene rings is 3. The highest BCUT2D eigenvalue weighted by atomic mass is 32.2. The van der Waals surface area contributed by atoms with Gasteiger partial charge in [0, 0.05) is 12.6 Å². The average Bonchev–Trinajstić information content (AvgIpc) is 2.89. The van der Waals surface area contributed by atoms with Gasteiger partial charge in [0.1, 0.15) is 12.6 Å². The monoisotopic (exact) mass is 563 g/mol. The first kappa shape index (κ1) is 30.9. The van der Waals surface area contributed by atoms with E-state index in [1.54, 1.807) is 30.3 Å². The molecule has 3 aromatic rings. The first-order valence-electron chi connectivity index (χ1n) is 13.7. The van der Waals surface area contributed by atoms with Crippen molar-refractivity contribution in [2.75, 3.05) is 10.8 Å². The Morgan fingerprint density at radius 2 is 1.48 bits per heavy atom. The molecule has 40 heavy (non-hydrogen) atoms. The number of rotatable bonds is 11. The maximum Gasteiger partial charge on any atom is 0.264 e. The smallest absolute Gasteiger partial charge is 0.264 e. The van der Waals surface area contributed by atoms with Crippen LogP contribution in [-0.2, 0) is 26.2 Å². The summed E-state index contributed by atoms with van der Waals surface area (Å²) in [5.41, 5.74) is 4.84. The quantitative estimate of drug-likeness (QED) is 0.336. The van der Waals surface area contributed by atoms with Gasteiger partial charge >= 0.3 is 0 Å². The van der Waals surface area contributed by atoms with Crippen molar-refractivity contribution in [1.29, 1.82) is 0 Å². The number of aryl methyl sites for hydroxylation is 4. The van der Waals surface area contributed by atoms with Crippen LogP contribution in [0.1, 0.15) is 55.0 Å². The Morgan fingerprint density at radius 3 is 2.08 bits per heavy atom. The summed E-state index contributed by atoms with van der Waals surface area (Å²) in [6.45, 7) is 12.9.